The summed E-state index contributed by atoms with van der Waals surface area (Å²) < 4.78 is 0. The van der Waals surface area contributed by atoms with E-state index in [0.29, 0.717) is 12.5 Å². The second-order valence-corrected chi connectivity index (χ2v) is 2.28. The summed E-state index contributed by atoms with van der Waals surface area (Å²) in [6.07, 6.45) is 0. The fourth-order valence-corrected chi connectivity index (χ4v) is 0.390. The van der Waals surface area contributed by atoms with E-state index in [1.807, 2.05) is 13.8 Å². The third kappa shape index (κ3) is 4.69. The van der Waals surface area contributed by atoms with Crippen LogP contribution in [0, 0.1) is 5.92 Å². The van der Waals surface area contributed by atoms with Gasteiger partial charge in [0.25, 0.3) is 0 Å². The second-order valence-electron chi connectivity index (χ2n) is 2.28. The van der Waals surface area contributed by atoms with E-state index in [0.717, 1.165) is 5.39 Å². The SMILES string of the molecule is CON(OC)OCC(C)C. The average molecular weight is 149 g/mol. The molecule has 0 rings (SSSR count). The van der Waals surface area contributed by atoms with E-state index in [4.69, 9.17) is 4.84 Å². The van der Waals surface area contributed by atoms with Crippen LogP contribution >= 0.6 is 0 Å². The van der Waals surface area contributed by atoms with Crippen molar-refractivity contribution in [1.82, 2.24) is 5.39 Å². The normalized spacial score (nSPS) is 11.4. The molecule has 0 aromatic carbocycles. The van der Waals surface area contributed by atoms with Crippen LogP contribution in [0.5, 0.6) is 0 Å². The van der Waals surface area contributed by atoms with Gasteiger partial charge in [0.05, 0.1) is 26.2 Å². The Morgan fingerprint density at radius 1 is 1.20 bits per heavy atom. The Morgan fingerprint density at radius 3 is 2.00 bits per heavy atom. The first-order valence-corrected chi connectivity index (χ1v) is 3.22. The van der Waals surface area contributed by atoms with Crippen LogP contribution in [0.25, 0.3) is 0 Å². The Balaban J connectivity index is 3.26. The van der Waals surface area contributed by atoms with Gasteiger partial charge in [-0.15, -0.1) is 0 Å². The maximum Gasteiger partial charge on any atom is 0.0761 e. The van der Waals surface area contributed by atoms with E-state index in [-0.39, 0.29) is 0 Å². The van der Waals surface area contributed by atoms with Crippen LogP contribution < -0.4 is 0 Å². The number of hydrogen-bond acceptors (Lipinski definition) is 4. The number of nitrogens with zero attached hydrogens (tertiary/aromatic N) is 1. The monoisotopic (exact) mass is 149 g/mol. The van der Waals surface area contributed by atoms with E-state index in [9.17, 15) is 0 Å². The Labute approximate surface area is 61.5 Å². The molecule has 0 radical (unpaired) electrons. The van der Waals surface area contributed by atoms with Crippen molar-refractivity contribution in [3.8, 4) is 0 Å². The van der Waals surface area contributed by atoms with Crippen molar-refractivity contribution in [2.24, 2.45) is 5.92 Å². The molecule has 4 heteroatoms. The first-order chi connectivity index (χ1) is 4.70. The van der Waals surface area contributed by atoms with Crippen LogP contribution in [0.1, 0.15) is 13.8 Å². The molecule has 4 nitrogen and oxygen atoms in total. The largest absolute Gasteiger partial charge is 0.254 e. The average Bonchev–Trinajstić information content (AvgIpc) is 1.90. The predicted molar refractivity (Wildman–Crippen MR) is 36.6 cm³/mol. The predicted octanol–water partition coefficient (Wildman–Crippen LogP) is 0.999. The number of hydrogen-bond donors (Lipinski definition) is 0. The van der Waals surface area contributed by atoms with Gasteiger partial charge in [-0.25, -0.2) is 0 Å². The molecule has 0 saturated carbocycles. The summed E-state index contributed by atoms with van der Waals surface area (Å²) in [5.41, 5.74) is 0. The molecule has 0 spiro atoms. The molecule has 0 aliphatic heterocycles. The summed E-state index contributed by atoms with van der Waals surface area (Å²) in [6, 6.07) is 0. The van der Waals surface area contributed by atoms with Crippen molar-refractivity contribution in [2.75, 3.05) is 20.8 Å². The molecule has 0 atom stereocenters. The second kappa shape index (κ2) is 5.61. The minimum atomic E-state index is 0.466. The molecule has 10 heavy (non-hydrogen) atoms. The van der Waals surface area contributed by atoms with Crippen molar-refractivity contribution in [3.63, 3.8) is 0 Å². The maximum absolute atomic E-state index is 4.99. The molecule has 62 valence electrons. The molecule has 0 N–H and O–H groups in total. The lowest BCUT2D eigenvalue weighted by atomic mass is 10.2. The zero-order valence-corrected chi connectivity index (χ0v) is 6.96. The third-order valence-electron chi connectivity index (χ3n) is 0.811. The Hall–Kier alpha value is -0.160. The lowest BCUT2D eigenvalue weighted by Crippen LogP contribution is -2.23. The molecule has 0 aliphatic carbocycles. The fourth-order valence-electron chi connectivity index (χ4n) is 0.390. The molecule has 0 aliphatic rings. The first kappa shape index (κ1) is 9.84. The molecular formula is C6H15NO3. The van der Waals surface area contributed by atoms with Gasteiger partial charge in [-0.2, -0.15) is 0 Å². The molecule has 0 bridgehead atoms. The van der Waals surface area contributed by atoms with E-state index < -0.39 is 0 Å². The summed E-state index contributed by atoms with van der Waals surface area (Å²) in [5, 5.41) is 0.972. The van der Waals surface area contributed by atoms with Gasteiger partial charge in [0.2, 0.25) is 0 Å². The van der Waals surface area contributed by atoms with Gasteiger partial charge in [-0.05, 0) is 5.92 Å². The molecule has 0 amide bonds. The minimum absolute atomic E-state index is 0.466. The van der Waals surface area contributed by atoms with Gasteiger partial charge in [-0.1, -0.05) is 13.8 Å². The van der Waals surface area contributed by atoms with Crippen LogP contribution in [-0.4, -0.2) is 26.2 Å². The summed E-state index contributed by atoms with van der Waals surface area (Å²) in [5.74, 6) is 0.466. The van der Waals surface area contributed by atoms with Crippen molar-refractivity contribution in [1.29, 1.82) is 0 Å². The molecule has 0 aromatic rings. The summed E-state index contributed by atoms with van der Waals surface area (Å²) >= 11 is 0. The van der Waals surface area contributed by atoms with Crippen molar-refractivity contribution in [2.45, 2.75) is 13.8 Å². The molecular weight excluding hydrogens is 134 g/mol. The Bertz CT molecular complexity index is 73.4. The van der Waals surface area contributed by atoms with Crippen LogP contribution in [0.3, 0.4) is 0 Å². The van der Waals surface area contributed by atoms with Gasteiger partial charge < -0.3 is 0 Å². The number of rotatable bonds is 5. The van der Waals surface area contributed by atoms with Crippen molar-refractivity contribution in [3.05, 3.63) is 0 Å². The topological polar surface area (TPSA) is 30.9 Å². The van der Waals surface area contributed by atoms with Crippen LogP contribution in [0.4, 0.5) is 0 Å². The van der Waals surface area contributed by atoms with Crippen molar-refractivity contribution >= 4 is 0 Å². The Kier molecular flexibility index (Phi) is 5.52. The molecule has 0 fully saturated rings. The van der Waals surface area contributed by atoms with E-state index in [1.54, 1.807) is 0 Å². The molecule has 0 unspecified atom stereocenters. The van der Waals surface area contributed by atoms with E-state index in [2.05, 4.69) is 9.68 Å². The summed E-state index contributed by atoms with van der Waals surface area (Å²) in [6.45, 7) is 4.68. The van der Waals surface area contributed by atoms with Crippen LogP contribution in [0.2, 0.25) is 0 Å². The van der Waals surface area contributed by atoms with Gasteiger partial charge in [0.15, 0.2) is 0 Å². The van der Waals surface area contributed by atoms with E-state index in [1.165, 1.54) is 14.2 Å². The lowest BCUT2D eigenvalue weighted by molar-refractivity contribution is -0.512. The molecule has 0 aromatic heterocycles. The zero-order chi connectivity index (χ0) is 7.98. The van der Waals surface area contributed by atoms with Crippen LogP contribution in [0.15, 0.2) is 0 Å². The Morgan fingerprint density at radius 2 is 1.70 bits per heavy atom. The maximum atomic E-state index is 4.99. The van der Waals surface area contributed by atoms with Gasteiger partial charge in [-0.3, -0.25) is 14.5 Å². The standard InChI is InChI=1S/C6H15NO3/c1-6(2)5-10-7(8-3)9-4/h6H,5H2,1-4H3. The summed E-state index contributed by atoms with van der Waals surface area (Å²) in [7, 11) is 2.95. The van der Waals surface area contributed by atoms with Crippen molar-refractivity contribution < 1.29 is 14.5 Å². The zero-order valence-electron chi connectivity index (χ0n) is 6.96. The van der Waals surface area contributed by atoms with Gasteiger partial charge in [0.1, 0.15) is 0 Å². The van der Waals surface area contributed by atoms with Gasteiger partial charge in [0, 0.05) is 0 Å². The summed E-state index contributed by atoms with van der Waals surface area (Å²) in [4.78, 5) is 14.3. The third-order valence-corrected chi connectivity index (χ3v) is 0.811. The highest BCUT2D eigenvalue weighted by Gasteiger charge is 2.02. The van der Waals surface area contributed by atoms with Gasteiger partial charge >= 0.3 is 0 Å². The van der Waals surface area contributed by atoms with E-state index >= 15 is 0 Å². The smallest absolute Gasteiger partial charge is 0.0761 e. The fraction of sp³-hybridized carbons (Fsp3) is 1.00. The minimum Gasteiger partial charge on any atom is -0.254 e. The lowest BCUT2D eigenvalue weighted by Gasteiger charge is -2.15. The highest BCUT2D eigenvalue weighted by atomic mass is 17.2. The quantitative estimate of drug-likeness (QED) is 0.546. The molecule has 0 saturated heterocycles. The van der Waals surface area contributed by atoms with Crippen LogP contribution in [-0.2, 0) is 14.5 Å². The highest BCUT2D eigenvalue weighted by Crippen LogP contribution is 1.96. The highest BCUT2D eigenvalue weighted by molar-refractivity contribution is 4.34. The first-order valence-electron chi connectivity index (χ1n) is 3.22. The molecule has 0 heterocycles.